The fourth-order valence-corrected chi connectivity index (χ4v) is 0.703. The number of halogens is 1. The molecule has 0 aliphatic heterocycles. The summed E-state index contributed by atoms with van der Waals surface area (Å²) in [5.74, 6) is -0.712. The normalized spacial score (nSPS) is 10.1. The Balaban J connectivity index is 0.000000385. The third-order valence-corrected chi connectivity index (χ3v) is 1.25. The highest BCUT2D eigenvalue weighted by Crippen LogP contribution is 1.89. The molecule has 1 heterocycles. The zero-order chi connectivity index (χ0) is 12.8. The summed E-state index contributed by atoms with van der Waals surface area (Å²) >= 11 is 0. The molecule has 0 atom stereocenters. The minimum absolute atomic E-state index is 0.314. The van der Waals surface area contributed by atoms with Crippen LogP contribution in [0, 0.1) is 15.7 Å². The van der Waals surface area contributed by atoms with Crippen LogP contribution in [0.5, 0.6) is 0 Å². The van der Waals surface area contributed by atoms with E-state index >= 15 is 0 Å². The summed E-state index contributed by atoms with van der Waals surface area (Å²) in [4.78, 5) is 4.79. The third kappa shape index (κ3) is 7.91. The van der Waals surface area contributed by atoms with Crippen LogP contribution in [0.4, 0.5) is 0 Å². The van der Waals surface area contributed by atoms with Crippen molar-refractivity contribution >= 4 is 5.90 Å². The Hall–Kier alpha value is -1.45. The van der Waals surface area contributed by atoms with Crippen LogP contribution in [-0.2, 0) is 0 Å². The maximum absolute atomic E-state index is 10.5. The highest BCUT2D eigenvalue weighted by Gasteiger charge is 1.99. The van der Waals surface area contributed by atoms with Gasteiger partial charge >= 0.3 is 0 Å². The molecule has 1 rings (SSSR count). The lowest BCUT2D eigenvalue weighted by molar-refractivity contribution is -1.92. The van der Waals surface area contributed by atoms with Crippen molar-refractivity contribution in [1.82, 2.24) is 0 Å². The van der Waals surface area contributed by atoms with Gasteiger partial charge < -0.3 is 10.5 Å². The van der Waals surface area contributed by atoms with Crippen LogP contribution in [0.15, 0.2) is 24.5 Å². The predicted molar refractivity (Wildman–Crippen MR) is 38.2 cm³/mol. The average Bonchev–Trinajstić information content (AvgIpc) is 2.15. The Kier molecular flexibility index (Phi) is 5.64. The molecule has 0 unspecified atom stereocenters. The molecule has 2 N–H and O–H groups in total. The second-order valence-corrected chi connectivity index (χ2v) is 3.15. The first-order valence-corrected chi connectivity index (χ1v) is 4.95. The van der Waals surface area contributed by atoms with Gasteiger partial charge in [-0.2, -0.15) is 14.0 Å². The molecule has 0 radical (unpaired) electrons. The number of rotatable bonds is 2. The van der Waals surface area contributed by atoms with Gasteiger partial charge in [0.2, 0.25) is 12.4 Å². The zero-order valence-electron chi connectivity index (χ0n) is 8.12. The van der Waals surface area contributed by atoms with Gasteiger partial charge in [0.1, 0.15) is 7.11 Å². The van der Waals surface area contributed by atoms with Crippen LogP contribution in [0.1, 0.15) is 5.56 Å². The van der Waals surface area contributed by atoms with Crippen molar-refractivity contribution < 1.29 is 43.6 Å². The second kappa shape index (κ2) is 6.20. The van der Waals surface area contributed by atoms with Crippen molar-refractivity contribution in [3.8, 4) is 0 Å². The maximum atomic E-state index is 10.5. The molecule has 16 heavy (non-hydrogen) atoms. The number of hydrogen-bond acceptors (Lipinski definition) is 7. The summed E-state index contributed by atoms with van der Waals surface area (Å²) in [6, 6.07) is 3.20. The smallest absolute Gasteiger partial charge is 0.230 e. The fraction of sp³-hybridized carbons (Fsp3) is 0.143. The largest absolute Gasteiger partial charge is 0.859 e. The van der Waals surface area contributed by atoms with Gasteiger partial charge in [-0.15, -0.1) is 0 Å². The monoisotopic (exact) mass is 252 g/mol. The highest BCUT2D eigenvalue weighted by atomic mass is 35.7. The molecule has 0 aromatic carbocycles. The van der Waals surface area contributed by atoms with Crippen LogP contribution < -0.4 is 28.7 Å². The van der Waals surface area contributed by atoms with Gasteiger partial charge in [-0.3, -0.25) is 4.84 Å². The van der Waals surface area contributed by atoms with Gasteiger partial charge in [-0.05, 0) is 12.0 Å². The standard InChI is InChI=1S/C7H8N2O2.ClHO4/c1-11-9-4-2-3-6(5-9)7(8)10;2-1(3,4)5/h2-5H,1H3,(H-,8,10);(H,2,3,4,5). The Morgan fingerprint density at radius 2 is 2.00 bits per heavy atom. The number of nitrogens with zero attached hydrogens (tertiary/aromatic N) is 1. The van der Waals surface area contributed by atoms with Crippen molar-refractivity contribution in [2.24, 2.45) is 0 Å². The van der Waals surface area contributed by atoms with Crippen LogP contribution in [0.25, 0.3) is 0 Å². The molecule has 0 saturated heterocycles. The lowest BCUT2D eigenvalue weighted by Crippen LogP contribution is -2.58. The van der Waals surface area contributed by atoms with E-state index < -0.39 is 16.1 Å². The van der Waals surface area contributed by atoms with Crippen LogP contribution in [-0.4, -0.2) is 17.7 Å². The Morgan fingerprint density at radius 3 is 2.38 bits per heavy atom. The van der Waals surface area contributed by atoms with Crippen LogP contribution in [0.3, 0.4) is 0 Å². The van der Waals surface area contributed by atoms with Crippen LogP contribution >= 0.6 is 0 Å². The van der Waals surface area contributed by atoms with E-state index in [9.17, 15) is 5.11 Å². The average molecular weight is 253 g/mol. The molecule has 0 spiro atoms. The van der Waals surface area contributed by atoms with E-state index in [0.29, 0.717) is 5.56 Å². The van der Waals surface area contributed by atoms with E-state index in [1.54, 1.807) is 18.3 Å². The molecule has 1 aromatic heterocycles. The predicted octanol–water partition coefficient (Wildman–Crippen LogP) is -5.41. The molecule has 1 aromatic rings. The van der Waals surface area contributed by atoms with E-state index in [-0.39, 0.29) is 0 Å². The molecule has 0 saturated carbocycles. The second-order valence-electron chi connectivity index (χ2n) is 2.36. The van der Waals surface area contributed by atoms with Crippen molar-refractivity contribution in [3.05, 3.63) is 30.1 Å². The van der Waals surface area contributed by atoms with E-state index in [2.05, 4.69) is 0 Å². The molecule has 0 fully saturated rings. The topological polar surface area (TPSA) is 149 Å². The number of aromatic nitrogens is 1. The first kappa shape index (κ1) is 14.6. The minimum Gasteiger partial charge on any atom is -0.859 e. The molecule has 8 nitrogen and oxygen atoms in total. The Labute approximate surface area is 92.8 Å². The number of pyridine rings is 1. The van der Waals surface area contributed by atoms with Gasteiger partial charge in [-0.25, -0.2) is 0 Å². The first-order valence-electron chi connectivity index (χ1n) is 3.69. The van der Waals surface area contributed by atoms with Crippen molar-refractivity contribution in [2.75, 3.05) is 7.11 Å². The maximum Gasteiger partial charge on any atom is 0.230 e. The zero-order valence-corrected chi connectivity index (χ0v) is 8.88. The molecule has 0 bridgehead atoms. The molecule has 9 heteroatoms. The summed E-state index contributed by atoms with van der Waals surface area (Å²) in [6.07, 6.45) is 3.10. The molecule has 0 amide bonds. The molecule has 0 aliphatic carbocycles. The Morgan fingerprint density at radius 1 is 1.50 bits per heavy atom. The lowest BCUT2D eigenvalue weighted by Gasteiger charge is -2.03. The molecule has 0 aliphatic rings. The number of hydrogen-bond donors (Lipinski definition) is 2. The van der Waals surface area contributed by atoms with E-state index in [1.165, 1.54) is 18.0 Å². The quantitative estimate of drug-likeness (QED) is 0.305. The molecular formula is C7H9ClN2O6. The Bertz CT molecular complexity index is 347. The summed E-state index contributed by atoms with van der Waals surface area (Å²) in [5, 5.41) is 17.3. The van der Waals surface area contributed by atoms with Gasteiger partial charge in [0.15, 0.2) is 0 Å². The van der Waals surface area contributed by atoms with E-state index in [4.69, 9.17) is 28.9 Å². The first-order chi connectivity index (χ1) is 7.24. The lowest BCUT2D eigenvalue weighted by atomic mass is 10.3. The highest BCUT2D eigenvalue weighted by molar-refractivity contribution is 5.87. The summed E-state index contributed by atoms with van der Waals surface area (Å²) < 4.78 is 34.1. The van der Waals surface area contributed by atoms with Gasteiger partial charge in [0, 0.05) is 10.8 Å². The fourth-order valence-electron chi connectivity index (χ4n) is 0.703. The SMILES string of the molecule is CO[n+]1cccc(C(=N)[O-])c1.[O-][Cl+3]([O-])([O-])O. The van der Waals surface area contributed by atoms with Crippen molar-refractivity contribution in [3.63, 3.8) is 0 Å². The van der Waals surface area contributed by atoms with Gasteiger partial charge in [0.25, 0.3) is 0 Å². The summed E-state index contributed by atoms with van der Waals surface area (Å²) in [7, 11) is -3.21. The van der Waals surface area contributed by atoms with Crippen molar-refractivity contribution in [1.29, 1.82) is 5.41 Å². The van der Waals surface area contributed by atoms with E-state index in [0.717, 1.165) is 0 Å². The van der Waals surface area contributed by atoms with Crippen LogP contribution in [0.2, 0.25) is 0 Å². The minimum atomic E-state index is -4.69. The molecular weight excluding hydrogens is 244 g/mol. The van der Waals surface area contributed by atoms with E-state index in [1.807, 2.05) is 0 Å². The van der Waals surface area contributed by atoms with Gasteiger partial charge in [0.05, 0.1) is 20.5 Å². The molecule has 90 valence electrons. The van der Waals surface area contributed by atoms with Crippen molar-refractivity contribution in [2.45, 2.75) is 0 Å². The van der Waals surface area contributed by atoms with Gasteiger partial charge in [-0.1, -0.05) is 0 Å². The summed E-state index contributed by atoms with van der Waals surface area (Å²) in [5.41, 5.74) is 0.314. The third-order valence-electron chi connectivity index (χ3n) is 1.25. The number of nitrogens with one attached hydrogen (secondary N) is 1. The summed E-state index contributed by atoms with van der Waals surface area (Å²) in [6.45, 7) is 0.